The lowest BCUT2D eigenvalue weighted by molar-refractivity contribution is -0.136. The number of carbonyl (C=O) groups is 1. The van der Waals surface area contributed by atoms with Gasteiger partial charge >= 0.3 is 5.97 Å². The number of thiophene rings is 1. The minimum Gasteiger partial charge on any atom is -0.481 e. The number of hydrogen-bond acceptors (Lipinski definition) is 3. The smallest absolute Gasteiger partial charge is 0.307 e. The topological polar surface area (TPSA) is 66.0 Å². The SMILES string of the molecule is O=C(O)Cc1ccsc1-c1ccn[nH]1. The van der Waals surface area contributed by atoms with Crippen molar-refractivity contribution in [1.29, 1.82) is 0 Å². The van der Waals surface area contributed by atoms with Crippen molar-refractivity contribution in [3.05, 3.63) is 29.3 Å². The van der Waals surface area contributed by atoms with Gasteiger partial charge in [-0.15, -0.1) is 11.3 Å². The molecule has 0 unspecified atom stereocenters. The van der Waals surface area contributed by atoms with E-state index < -0.39 is 5.97 Å². The molecule has 0 bridgehead atoms. The molecule has 0 radical (unpaired) electrons. The van der Waals surface area contributed by atoms with Crippen LogP contribution in [0.3, 0.4) is 0 Å². The average molecular weight is 208 g/mol. The summed E-state index contributed by atoms with van der Waals surface area (Å²) in [4.78, 5) is 11.5. The highest BCUT2D eigenvalue weighted by Gasteiger charge is 2.10. The molecule has 0 aromatic carbocycles. The Bertz CT molecular complexity index is 433. The molecule has 0 amide bonds. The third kappa shape index (κ3) is 1.67. The number of aromatic nitrogens is 2. The quantitative estimate of drug-likeness (QED) is 0.807. The van der Waals surface area contributed by atoms with Crippen molar-refractivity contribution >= 4 is 17.3 Å². The maximum Gasteiger partial charge on any atom is 0.307 e. The standard InChI is InChI=1S/C9H8N2O2S/c12-8(13)5-6-2-4-14-9(6)7-1-3-10-11-7/h1-4H,5H2,(H,10,11)(H,12,13). The Labute approximate surface area is 84.2 Å². The number of H-pyrrole nitrogens is 1. The minimum atomic E-state index is -0.816. The van der Waals surface area contributed by atoms with E-state index in [1.165, 1.54) is 11.3 Å². The summed E-state index contributed by atoms with van der Waals surface area (Å²) in [5, 5.41) is 17.2. The highest BCUT2D eigenvalue weighted by Crippen LogP contribution is 2.27. The van der Waals surface area contributed by atoms with Crippen molar-refractivity contribution in [2.24, 2.45) is 0 Å². The van der Waals surface area contributed by atoms with Crippen molar-refractivity contribution in [3.63, 3.8) is 0 Å². The van der Waals surface area contributed by atoms with Crippen LogP contribution in [0.15, 0.2) is 23.7 Å². The van der Waals surface area contributed by atoms with Crippen LogP contribution < -0.4 is 0 Å². The third-order valence-corrected chi connectivity index (χ3v) is 2.82. The molecular formula is C9H8N2O2S. The van der Waals surface area contributed by atoms with Gasteiger partial charge in [0.15, 0.2) is 0 Å². The second-order valence-electron chi connectivity index (χ2n) is 2.82. The maximum atomic E-state index is 10.6. The molecule has 2 aromatic rings. The van der Waals surface area contributed by atoms with Crippen LogP contribution in [0.1, 0.15) is 5.56 Å². The van der Waals surface area contributed by atoms with Crippen LogP contribution in [0.4, 0.5) is 0 Å². The predicted octanol–water partition coefficient (Wildman–Crippen LogP) is 1.77. The molecule has 0 aliphatic carbocycles. The molecule has 5 heteroatoms. The Morgan fingerprint density at radius 2 is 2.43 bits per heavy atom. The molecule has 72 valence electrons. The van der Waals surface area contributed by atoms with Crippen molar-refractivity contribution in [2.45, 2.75) is 6.42 Å². The summed E-state index contributed by atoms with van der Waals surface area (Å²) in [5.41, 5.74) is 1.70. The number of aromatic amines is 1. The van der Waals surface area contributed by atoms with Gasteiger partial charge in [-0.05, 0) is 23.1 Å². The summed E-state index contributed by atoms with van der Waals surface area (Å²) < 4.78 is 0. The summed E-state index contributed by atoms with van der Waals surface area (Å²) in [6.45, 7) is 0. The Morgan fingerprint density at radius 3 is 3.07 bits per heavy atom. The molecule has 2 rings (SSSR count). The van der Waals surface area contributed by atoms with E-state index in [0.29, 0.717) is 0 Å². The van der Waals surface area contributed by atoms with Crippen LogP contribution in [0.25, 0.3) is 10.6 Å². The molecule has 2 aromatic heterocycles. The second kappa shape index (κ2) is 3.63. The van der Waals surface area contributed by atoms with Crippen molar-refractivity contribution in [1.82, 2.24) is 10.2 Å². The number of nitrogens with one attached hydrogen (secondary N) is 1. The number of rotatable bonds is 3. The van der Waals surface area contributed by atoms with Crippen LogP contribution in [0.5, 0.6) is 0 Å². The monoisotopic (exact) mass is 208 g/mol. The summed E-state index contributed by atoms with van der Waals surface area (Å²) in [5.74, 6) is -0.816. The molecule has 14 heavy (non-hydrogen) atoms. The molecule has 0 atom stereocenters. The van der Waals surface area contributed by atoms with Crippen LogP contribution in [-0.2, 0) is 11.2 Å². The number of aliphatic carboxylic acids is 1. The number of hydrogen-bond donors (Lipinski definition) is 2. The van der Waals surface area contributed by atoms with E-state index in [1.54, 1.807) is 6.20 Å². The van der Waals surface area contributed by atoms with E-state index in [4.69, 9.17) is 5.11 Å². The van der Waals surface area contributed by atoms with Gasteiger partial charge in [0.1, 0.15) is 0 Å². The molecule has 0 aliphatic heterocycles. The summed E-state index contributed by atoms with van der Waals surface area (Å²) in [6, 6.07) is 3.66. The van der Waals surface area contributed by atoms with Gasteiger partial charge in [-0.1, -0.05) is 0 Å². The van der Waals surface area contributed by atoms with Crippen LogP contribution in [0.2, 0.25) is 0 Å². The summed E-state index contributed by atoms with van der Waals surface area (Å²) in [7, 11) is 0. The first kappa shape index (κ1) is 8.96. The van der Waals surface area contributed by atoms with E-state index >= 15 is 0 Å². The summed E-state index contributed by atoms with van der Waals surface area (Å²) >= 11 is 1.51. The van der Waals surface area contributed by atoms with E-state index in [1.807, 2.05) is 17.5 Å². The molecular weight excluding hydrogens is 200 g/mol. The summed E-state index contributed by atoms with van der Waals surface area (Å²) in [6.07, 6.45) is 1.71. The molecule has 2 heterocycles. The van der Waals surface area contributed by atoms with Gasteiger partial charge in [0.2, 0.25) is 0 Å². The molecule has 4 nitrogen and oxygen atoms in total. The first-order valence-corrected chi connectivity index (χ1v) is 4.93. The highest BCUT2D eigenvalue weighted by atomic mass is 32.1. The lowest BCUT2D eigenvalue weighted by Gasteiger charge is -1.97. The van der Waals surface area contributed by atoms with Gasteiger partial charge in [-0.25, -0.2) is 0 Å². The van der Waals surface area contributed by atoms with E-state index in [2.05, 4.69) is 10.2 Å². The first-order chi connectivity index (χ1) is 6.77. The molecule has 0 saturated carbocycles. The zero-order valence-corrected chi connectivity index (χ0v) is 8.04. The van der Waals surface area contributed by atoms with E-state index in [-0.39, 0.29) is 6.42 Å². The van der Waals surface area contributed by atoms with Gasteiger partial charge in [0, 0.05) is 6.20 Å². The van der Waals surface area contributed by atoms with Gasteiger partial charge in [0.25, 0.3) is 0 Å². The van der Waals surface area contributed by atoms with Crippen molar-refractivity contribution < 1.29 is 9.90 Å². The highest BCUT2D eigenvalue weighted by molar-refractivity contribution is 7.13. The third-order valence-electron chi connectivity index (χ3n) is 1.83. The Kier molecular flexibility index (Phi) is 2.32. The molecule has 0 aliphatic rings. The van der Waals surface area contributed by atoms with Crippen LogP contribution in [0, 0.1) is 0 Å². The number of carboxylic acids is 1. The maximum absolute atomic E-state index is 10.6. The Balaban J connectivity index is 2.35. The minimum absolute atomic E-state index is 0.0534. The molecule has 0 spiro atoms. The fraction of sp³-hybridized carbons (Fsp3) is 0.111. The van der Waals surface area contributed by atoms with Gasteiger partial charge in [-0.2, -0.15) is 5.10 Å². The molecule has 2 N–H and O–H groups in total. The zero-order chi connectivity index (χ0) is 9.97. The Morgan fingerprint density at radius 1 is 1.57 bits per heavy atom. The fourth-order valence-electron chi connectivity index (χ4n) is 1.26. The second-order valence-corrected chi connectivity index (χ2v) is 3.73. The largest absolute Gasteiger partial charge is 0.481 e. The lowest BCUT2D eigenvalue weighted by atomic mass is 10.1. The van der Waals surface area contributed by atoms with Gasteiger partial charge in [-0.3, -0.25) is 9.89 Å². The zero-order valence-electron chi connectivity index (χ0n) is 7.23. The van der Waals surface area contributed by atoms with Crippen molar-refractivity contribution in [2.75, 3.05) is 0 Å². The van der Waals surface area contributed by atoms with Gasteiger partial charge in [0.05, 0.1) is 17.0 Å². The number of nitrogens with zero attached hydrogens (tertiary/aromatic N) is 1. The fourth-order valence-corrected chi connectivity index (χ4v) is 2.16. The van der Waals surface area contributed by atoms with E-state index in [0.717, 1.165) is 16.1 Å². The normalized spacial score (nSPS) is 10.3. The molecule has 0 saturated heterocycles. The van der Waals surface area contributed by atoms with Crippen LogP contribution in [-0.4, -0.2) is 21.3 Å². The van der Waals surface area contributed by atoms with Crippen LogP contribution >= 0.6 is 11.3 Å². The van der Waals surface area contributed by atoms with Crippen molar-refractivity contribution in [3.8, 4) is 10.6 Å². The average Bonchev–Trinajstić information content (AvgIpc) is 2.70. The Hall–Kier alpha value is -1.62. The van der Waals surface area contributed by atoms with Gasteiger partial charge < -0.3 is 5.11 Å². The lowest BCUT2D eigenvalue weighted by Crippen LogP contribution is -1.99. The first-order valence-electron chi connectivity index (χ1n) is 4.05. The number of carboxylic acid groups (broad SMARTS) is 1. The predicted molar refractivity (Wildman–Crippen MR) is 53.2 cm³/mol. The molecule has 0 fully saturated rings. The van der Waals surface area contributed by atoms with E-state index in [9.17, 15) is 4.79 Å².